The largest absolute Gasteiger partial charge is 0.297 e. The zero-order chi connectivity index (χ0) is 19.8. The quantitative estimate of drug-likeness (QED) is 0.527. The molecular weight excluding hydrogens is 397 g/mol. The number of halogens is 1. The number of amides is 1. The van der Waals surface area contributed by atoms with E-state index in [9.17, 15) is 9.18 Å². The van der Waals surface area contributed by atoms with Gasteiger partial charge in [0.1, 0.15) is 15.7 Å². The van der Waals surface area contributed by atoms with Crippen molar-refractivity contribution in [1.82, 2.24) is 19.7 Å². The van der Waals surface area contributed by atoms with Crippen molar-refractivity contribution in [2.75, 3.05) is 5.32 Å². The second kappa shape index (κ2) is 7.25. The van der Waals surface area contributed by atoms with Crippen LogP contribution in [0.5, 0.6) is 0 Å². The first-order valence-corrected chi connectivity index (χ1v) is 10.1. The number of nitrogens with one attached hydrogen (secondary N) is 1. The molecule has 0 aliphatic carbocycles. The Morgan fingerprint density at radius 2 is 1.93 bits per heavy atom. The highest BCUT2D eigenvalue weighted by molar-refractivity contribution is 7.17. The van der Waals surface area contributed by atoms with Crippen molar-refractivity contribution in [3.8, 4) is 21.8 Å². The number of carbonyl (C=O) groups is 1. The summed E-state index contributed by atoms with van der Waals surface area (Å²) in [5.74, 6) is -0.666. The summed E-state index contributed by atoms with van der Waals surface area (Å²) in [5, 5.41) is 9.97. The molecule has 3 aromatic heterocycles. The number of hydrogen-bond donors (Lipinski definition) is 1. The monoisotopic (exact) mass is 413 g/mol. The predicted molar refractivity (Wildman–Crippen MR) is 109 cm³/mol. The van der Waals surface area contributed by atoms with Crippen LogP contribution >= 0.6 is 22.7 Å². The van der Waals surface area contributed by atoms with Gasteiger partial charge in [-0.3, -0.25) is 14.8 Å². The molecule has 6 nitrogen and oxygen atoms in total. The number of carbonyl (C=O) groups excluding carboxylic acids is 1. The molecule has 1 N–H and O–H groups in total. The molecule has 0 bridgehead atoms. The van der Waals surface area contributed by atoms with Gasteiger partial charge < -0.3 is 0 Å². The highest BCUT2D eigenvalue weighted by Crippen LogP contribution is 2.31. The molecule has 9 heteroatoms. The topological polar surface area (TPSA) is 72.7 Å². The van der Waals surface area contributed by atoms with Crippen molar-refractivity contribution >= 4 is 33.7 Å². The maximum absolute atomic E-state index is 14.0. The minimum Gasteiger partial charge on any atom is -0.297 e. The number of aryl methyl sites for hydroxylation is 3. The first-order valence-electron chi connectivity index (χ1n) is 8.42. The third-order valence-electron chi connectivity index (χ3n) is 4.12. The second-order valence-corrected chi connectivity index (χ2v) is 8.06. The van der Waals surface area contributed by atoms with Gasteiger partial charge in [0.15, 0.2) is 5.13 Å². The van der Waals surface area contributed by atoms with E-state index in [4.69, 9.17) is 0 Å². The molecule has 1 amide bonds. The molecule has 0 atom stereocenters. The van der Waals surface area contributed by atoms with E-state index >= 15 is 0 Å². The molecule has 142 valence electrons. The Hall–Kier alpha value is -2.91. The molecule has 4 rings (SSSR count). The van der Waals surface area contributed by atoms with E-state index in [1.165, 1.54) is 17.4 Å². The zero-order valence-corrected chi connectivity index (χ0v) is 17.0. The molecule has 0 spiro atoms. The van der Waals surface area contributed by atoms with Crippen LogP contribution in [0.25, 0.3) is 21.8 Å². The van der Waals surface area contributed by atoms with Crippen molar-refractivity contribution < 1.29 is 9.18 Å². The molecule has 0 saturated carbocycles. The van der Waals surface area contributed by atoms with Gasteiger partial charge in [0.25, 0.3) is 5.91 Å². The summed E-state index contributed by atoms with van der Waals surface area (Å²) in [6.07, 6.45) is 1.89. The minimum atomic E-state index is -0.361. The van der Waals surface area contributed by atoms with E-state index in [0.717, 1.165) is 28.3 Å². The summed E-state index contributed by atoms with van der Waals surface area (Å²) in [7, 11) is 1.85. The zero-order valence-electron chi connectivity index (χ0n) is 15.4. The van der Waals surface area contributed by atoms with E-state index in [2.05, 4.69) is 20.4 Å². The van der Waals surface area contributed by atoms with Crippen LogP contribution in [0.3, 0.4) is 0 Å². The van der Waals surface area contributed by atoms with Gasteiger partial charge in [-0.25, -0.2) is 14.4 Å². The van der Waals surface area contributed by atoms with Gasteiger partial charge in [-0.1, -0.05) is 12.1 Å². The van der Waals surface area contributed by atoms with E-state index in [1.54, 1.807) is 29.8 Å². The van der Waals surface area contributed by atoms with Crippen LogP contribution < -0.4 is 5.32 Å². The molecule has 4 aromatic rings. The highest BCUT2D eigenvalue weighted by Gasteiger charge is 2.19. The van der Waals surface area contributed by atoms with E-state index in [-0.39, 0.29) is 11.7 Å². The number of rotatable bonds is 4. The summed E-state index contributed by atoms with van der Waals surface area (Å²) in [6.45, 7) is 3.65. The Morgan fingerprint density at radius 3 is 2.64 bits per heavy atom. The standard InChI is InChI=1S/C19H16FN5OS2/c1-10-13(8-25(3)24-10)15-9-27-19(22-15)23-17(26)16-11(2)21-18(28-16)12-6-4-5-7-14(12)20/h4-9H,1-3H3,(H,22,23,26). The minimum absolute atomic E-state index is 0.304. The lowest BCUT2D eigenvalue weighted by atomic mass is 10.2. The van der Waals surface area contributed by atoms with Crippen molar-refractivity contribution in [1.29, 1.82) is 0 Å². The summed E-state index contributed by atoms with van der Waals surface area (Å²) < 4.78 is 15.7. The predicted octanol–water partition coefficient (Wildman–Crippen LogP) is 4.68. The fraction of sp³-hybridized carbons (Fsp3) is 0.158. The number of anilines is 1. The van der Waals surface area contributed by atoms with Gasteiger partial charge in [-0.05, 0) is 26.0 Å². The van der Waals surface area contributed by atoms with Crippen LogP contribution in [0.2, 0.25) is 0 Å². The van der Waals surface area contributed by atoms with Crippen molar-refractivity contribution in [3.05, 3.63) is 57.9 Å². The summed E-state index contributed by atoms with van der Waals surface area (Å²) >= 11 is 2.50. The van der Waals surface area contributed by atoms with E-state index in [0.29, 0.717) is 26.3 Å². The lowest BCUT2D eigenvalue weighted by Gasteiger charge is -1.99. The van der Waals surface area contributed by atoms with Gasteiger partial charge in [0.05, 0.1) is 17.1 Å². The maximum Gasteiger partial charge on any atom is 0.269 e. The maximum atomic E-state index is 14.0. The molecular formula is C19H16FN5OS2. The first-order chi connectivity index (χ1) is 13.4. The summed E-state index contributed by atoms with van der Waals surface area (Å²) in [5.41, 5.74) is 3.51. The van der Waals surface area contributed by atoms with E-state index < -0.39 is 0 Å². The lowest BCUT2D eigenvalue weighted by molar-refractivity contribution is 0.103. The molecule has 0 fully saturated rings. The molecule has 0 aliphatic rings. The van der Waals surface area contributed by atoms with Crippen LogP contribution in [0.15, 0.2) is 35.8 Å². The van der Waals surface area contributed by atoms with Crippen molar-refractivity contribution in [2.45, 2.75) is 13.8 Å². The fourth-order valence-electron chi connectivity index (χ4n) is 2.82. The molecule has 0 saturated heterocycles. The van der Waals surface area contributed by atoms with Crippen LogP contribution in [-0.2, 0) is 7.05 Å². The number of benzene rings is 1. The number of thiazole rings is 2. The second-order valence-electron chi connectivity index (χ2n) is 6.21. The third-order valence-corrected chi connectivity index (χ3v) is 6.07. The van der Waals surface area contributed by atoms with Crippen LogP contribution in [0.4, 0.5) is 9.52 Å². The van der Waals surface area contributed by atoms with Crippen LogP contribution in [0, 0.1) is 19.7 Å². The Morgan fingerprint density at radius 1 is 1.14 bits per heavy atom. The lowest BCUT2D eigenvalue weighted by Crippen LogP contribution is -2.11. The number of aromatic nitrogens is 4. The highest BCUT2D eigenvalue weighted by atomic mass is 32.1. The number of hydrogen-bond acceptors (Lipinski definition) is 6. The molecule has 3 heterocycles. The van der Waals surface area contributed by atoms with Crippen molar-refractivity contribution in [2.24, 2.45) is 7.05 Å². The van der Waals surface area contributed by atoms with Gasteiger partial charge >= 0.3 is 0 Å². The van der Waals surface area contributed by atoms with Gasteiger partial charge in [-0.2, -0.15) is 5.10 Å². The van der Waals surface area contributed by atoms with E-state index in [1.807, 2.05) is 25.5 Å². The number of nitrogens with zero attached hydrogens (tertiary/aromatic N) is 4. The third kappa shape index (κ3) is 3.46. The Balaban J connectivity index is 1.57. The van der Waals surface area contributed by atoms with Crippen molar-refractivity contribution in [3.63, 3.8) is 0 Å². The van der Waals surface area contributed by atoms with Gasteiger partial charge in [-0.15, -0.1) is 22.7 Å². The first kappa shape index (κ1) is 18.5. The normalized spacial score (nSPS) is 11.0. The average molecular weight is 414 g/mol. The fourth-order valence-corrected chi connectivity index (χ4v) is 4.51. The molecule has 0 radical (unpaired) electrons. The molecule has 1 aromatic carbocycles. The Kier molecular flexibility index (Phi) is 4.78. The Bertz CT molecular complexity index is 1180. The van der Waals surface area contributed by atoms with Crippen LogP contribution in [-0.4, -0.2) is 25.7 Å². The summed E-state index contributed by atoms with van der Waals surface area (Å²) in [6, 6.07) is 6.39. The summed E-state index contributed by atoms with van der Waals surface area (Å²) in [4.78, 5) is 22.0. The molecule has 28 heavy (non-hydrogen) atoms. The SMILES string of the molecule is Cc1nn(C)cc1-c1csc(NC(=O)c2sc(-c3ccccc3F)nc2C)n1. The van der Waals surface area contributed by atoms with Crippen LogP contribution in [0.1, 0.15) is 21.1 Å². The molecule has 0 aliphatic heterocycles. The average Bonchev–Trinajstić information content (AvgIpc) is 3.34. The van der Waals surface area contributed by atoms with Gasteiger partial charge in [0, 0.05) is 29.8 Å². The Labute approximate surface area is 168 Å². The molecule has 0 unspecified atom stereocenters. The smallest absolute Gasteiger partial charge is 0.269 e. The van der Waals surface area contributed by atoms with Gasteiger partial charge in [0.2, 0.25) is 0 Å².